The zero-order valence-corrected chi connectivity index (χ0v) is 8.19. The Hall–Kier alpha value is -0.740. The Morgan fingerprint density at radius 3 is 2.75 bits per heavy atom. The summed E-state index contributed by atoms with van der Waals surface area (Å²) in [5.41, 5.74) is 0.454. The molecule has 0 aliphatic rings. The van der Waals surface area contributed by atoms with E-state index in [2.05, 4.69) is 21.2 Å². The van der Waals surface area contributed by atoms with E-state index in [0.717, 1.165) is 4.47 Å². The molecule has 3 nitrogen and oxygen atoms in total. The third kappa shape index (κ3) is 2.39. The van der Waals surface area contributed by atoms with E-state index in [1.54, 1.807) is 12.1 Å². The van der Waals surface area contributed by atoms with Crippen molar-refractivity contribution >= 4 is 39.3 Å². The van der Waals surface area contributed by atoms with Gasteiger partial charge in [-0.25, -0.2) is 4.79 Å². The standard InChI is InChI=1S/C7H5BrClNO2/c8-5-2-1-4(3-6(5)9)10-7(11)12/h1-3,10H,(H,11,12). The summed E-state index contributed by atoms with van der Waals surface area (Å²) in [6.07, 6.45) is -1.10. The smallest absolute Gasteiger partial charge is 0.409 e. The highest BCUT2D eigenvalue weighted by molar-refractivity contribution is 9.10. The number of amides is 1. The van der Waals surface area contributed by atoms with Gasteiger partial charge in [0.15, 0.2) is 0 Å². The van der Waals surface area contributed by atoms with Gasteiger partial charge in [-0.05, 0) is 34.1 Å². The first-order valence-electron chi connectivity index (χ1n) is 3.04. The fraction of sp³-hybridized carbons (Fsp3) is 0. The molecule has 12 heavy (non-hydrogen) atoms. The molecule has 5 heteroatoms. The van der Waals surface area contributed by atoms with Crippen LogP contribution in [0.15, 0.2) is 22.7 Å². The summed E-state index contributed by atoms with van der Waals surface area (Å²) in [5.74, 6) is 0. The van der Waals surface area contributed by atoms with Crippen LogP contribution in [0, 0.1) is 0 Å². The number of anilines is 1. The molecule has 64 valence electrons. The number of halogens is 2. The molecular formula is C7H5BrClNO2. The van der Waals surface area contributed by atoms with E-state index in [1.807, 2.05) is 0 Å². The van der Waals surface area contributed by atoms with Gasteiger partial charge in [0, 0.05) is 10.2 Å². The molecule has 0 fully saturated rings. The molecule has 0 unspecified atom stereocenters. The number of carbonyl (C=O) groups is 1. The van der Waals surface area contributed by atoms with Crippen molar-refractivity contribution in [3.63, 3.8) is 0 Å². The Balaban J connectivity index is 2.89. The molecule has 0 aromatic heterocycles. The van der Waals surface area contributed by atoms with Crippen LogP contribution in [0.4, 0.5) is 10.5 Å². The molecule has 1 aromatic rings. The largest absolute Gasteiger partial charge is 0.465 e. The highest BCUT2D eigenvalue weighted by atomic mass is 79.9. The number of hydrogen-bond acceptors (Lipinski definition) is 1. The van der Waals surface area contributed by atoms with Crippen LogP contribution in [-0.4, -0.2) is 11.2 Å². The maximum atomic E-state index is 10.2. The monoisotopic (exact) mass is 249 g/mol. The van der Waals surface area contributed by atoms with Gasteiger partial charge in [0.25, 0.3) is 0 Å². The quantitative estimate of drug-likeness (QED) is 0.804. The summed E-state index contributed by atoms with van der Waals surface area (Å²) >= 11 is 8.91. The van der Waals surface area contributed by atoms with Crippen LogP contribution in [0.2, 0.25) is 5.02 Å². The fourth-order valence-electron chi connectivity index (χ4n) is 0.697. The SMILES string of the molecule is O=C(O)Nc1ccc(Br)c(Cl)c1. The van der Waals surface area contributed by atoms with E-state index in [-0.39, 0.29) is 0 Å². The lowest BCUT2D eigenvalue weighted by Gasteiger charge is -2.01. The Bertz CT molecular complexity index is 316. The molecule has 0 radical (unpaired) electrons. The van der Waals surface area contributed by atoms with E-state index in [4.69, 9.17) is 16.7 Å². The Labute approximate surface area is 82.5 Å². The average molecular weight is 250 g/mol. The van der Waals surface area contributed by atoms with Crippen molar-refractivity contribution in [3.8, 4) is 0 Å². The van der Waals surface area contributed by atoms with Crippen LogP contribution in [0.1, 0.15) is 0 Å². The van der Waals surface area contributed by atoms with E-state index >= 15 is 0 Å². The van der Waals surface area contributed by atoms with Crippen LogP contribution < -0.4 is 5.32 Å². The normalized spacial score (nSPS) is 9.50. The molecule has 0 aliphatic carbocycles. The molecule has 0 spiro atoms. The second-order valence-electron chi connectivity index (χ2n) is 2.06. The van der Waals surface area contributed by atoms with E-state index in [1.165, 1.54) is 6.07 Å². The lowest BCUT2D eigenvalue weighted by molar-refractivity contribution is 0.210. The van der Waals surface area contributed by atoms with Crippen LogP contribution in [0.5, 0.6) is 0 Å². The second-order valence-corrected chi connectivity index (χ2v) is 3.32. The minimum Gasteiger partial charge on any atom is -0.465 e. The van der Waals surface area contributed by atoms with Gasteiger partial charge >= 0.3 is 6.09 Å². The van der Waals surface area contributed by atoms with Crippen molar-refractivity contribution < 1.29 is 9.90 Å². The third-order valence-corrected chi connectivity index (χ3v) is 2.40. The minimum absolute atomic E-state index is 0.454. The van der Waals surface area contributed by atoms with Crippen LogP contribution >= 0.6 is 27.5 Å². The molecule has 0 bridgehead atoms. The minimum atomic E-state index is -1.10. The molecule has 1 amide bonds. The zero-order valence-electron chi connectivity index (χ0n) is 5.84. The van der Waals surface area contributed by atoms with Crippen molar-refractivity contribution in [2.24, 2.45) is 0 Å². The number of carboxylic acid groups (broad SMARTS) is 1. The summed E-state index contributed by atoms with van der Waals surface area (Å²) in [4.78, 5) is 10.2. The van der Waals surface area contributed by atoms with Gasteiger partial charge in [-0.3, -0.25) is 5.32 Å². The maximum Gasteiger partial charge on any atom is 0.409 e. The summed E-state index contributed by atoms with van der Waals surface area (Å²) in [7, 11) is 0. The van der Waals surface area contributed by atoms with Crippen molar-refractivity contribution in [1.29, 1.82) is 0 Å². The van der Waals surface area contributed by atoms with Crippen molar-refractivity contribution in [1.82, 2.24) is 0 Å². The molecule has 0 heterocycles. The summed E-state index contributed by atoms with van der Waals surface area (Å²) in [5, 5.41) is 11.0. The third-order valence-electron chi connectivity index (χ3n) is 1.17. The van der Waals surface area contributed by atoms with E-state index in [0.29, 0.717) is 10.7 Å². The summed E-state index contributed by atoms with van der Waals surface area (Å²) in [6, 6.07) is 4.82. The zero-order chi connectivity index (χ0) is 9.14. The first kappa shape index (κ1) is 9.35. The first-order chi connectivity index (χ1) is 5.59. The summed E-state index contributed by atoms with van der Waals surface area (Å²) in [6.45, 7) is 0. The topological polar surface area (TPSA) is 49.3 Å². The van der Waals surface area contributed by atoms with Crippen LogP contribution in [0.3, 0.4) is 0 Å². The van der Waals surface area contributed by atoms with Crippen molar-refractivity contribution in [2.45, 2.75) is 0 Å². The molecule has 1 rings (SSSR count). The van der Waals surface area contributed by atoms with Gasteiger partial charge in [-0.2, -0.15) is 0 Å². The lowest BCUT2D eigenvalue weighted by Crippen LogP contribution is -2.06. The van der Waals surface area contributed by atoms with Gasteiger partial charge < -0.3 is 5.11 Å². The first-order valence-corrected chi connectivity index (χ1v) is 4.21. The number of hydrogen-bond donors (Lipinski definition) is 2. The molecule has 0 atom stereocenters. The molecular weight excluding hydrogens is 245 g/mol. The molecule has 0 saturated heterocycles. The van der Waals surface area contributed by atoms with Gasteiger partial charge in [-0.15, -0.1) is 0 Å². The Kier molecular flexibility index (Phi) is 2.94. The molecule has 0 saturated carbocycles. The lowest BCUT2D eigenvalue weighted by atomic mass is 10.3. The van der Waals surface area contributed by atoms with Gasteiger partial charge in [0.2, 0.25) is 0 Å². The number of rotatable bonds is 1. The highest BCUT2D eigenvalue weighted by Gasteiger charge is 2.00. The highest BCUT2D eigenvalue weighted by Crippen LogP contribution is 2.25. The number of nitrogens with one attached hydrogen (secondary N) is 1. The van der Waals surface area contributed by atoms with Gasteiger partial charge in [-0.1, -0.05) is 11.6 Å². The molecule has 1 aromatic carbocycles. The van der Waals surface area contributed by atoms with Gasteiger partial charge in [0.05, 0.1) is 5.02 Å². The van der Waals surface area contributed by atoms with Crippen LogP contribution in [-0.2, 0) is 0 Å². The van der Waals surface area contributed by atoms with Crippen molar-refractivity contribution in [3.05, 3.63) is 27.7 Å². The van der Waals surface area contributed by atoms with Crippen LogP contribution in [0.25, 0.3) is 0 Å². The molecule has 2 N–H and O–H groups in total. The predicted octanol–water partition coefficient (Wildman–Crippen LogP) is 3.19. The Morgan fingerprint density at radius 2 is 2.25 bits per heavy atom. The predicted molar refractivity (Wildman–Crippen MR) is 50.8 cm³/mol. The number of benzene rings is 1. The summed E-state index contributed by atoms with van der Waals surface area (Å²) < 4.78 is 0.736. The van der Waals surface area contributed by atoms with E-state index in [9.17, 15) is 4.79 Å². The average Bonchev–Trinajstić information content (AvgIpc) is 1.96. The fourth-order valence-corrected chi connectivity index (χ4v) is 1.12. The second kappa shape index (κ2) is 3.78. The van der Waals surface area contributed by atoms with E-state index < -0.39 is 6.09 Å². The molecule has 0 aliphatic heterocycles. The van der Waals surface area contributed by atoms with Gasteiger partial charge in [0.1, 0.15) is 0 Å². The Morgan fingerprint density at radius 1 is 1.58 bits per heavy atom. The maximum absolute atomic E-state index is 10.2. The van der Waals surface area contributed by atoms with Crippen molar-refractivity contribution in [2.75, 3.05) is 5.32 Å².